The van der Waals surface area contributed by atoms with E-state index < -0.39 is 10.0 Å². The number of nitrogens with two attached hydrogens (primary N) is 1. The lowest BCUT2D eigenvalue weighted by atomic mass is 10.2. The van der Waals surface area contributed by atoms with Gasteiger partial charge in [-0.25, -0.2) is 8.42 Å². The molecular formula is C19H28N3O4S+. The molecule has 0 unspecified atom stereocenters. The van der Waals surface area contributed by atoms with E-state index in [1.165, 1.54) is 10.4 Å². The number of quaternary nitrogens is 1. The summed E-state index contributed by atoms with van der Waals surface area (Å²) in [6.07, 6.45) is 1.60. The number of nitrogens with one attached hydrogen (secondary N) is 1. The standard InChI is InChI=1S/C19H27N3O4S/c1-5-22(6-2)27(24,25)16-10-9-14(3)17(12-16)21-19(23)13-20-15(4)18-8-7-11-26-18/h7-12,15,20H,5-6,13H2,1-4H3,(H,21,23)/p+1/t15-/m0/s1. The molecule has 0 bridgehead atoms. The molecule has 0 saturated heterocycles. The van der Waals surface area contributed by atoms with Crippen molar-refractivity contribution < 1.29 is 22.9 Å². The predicted octanol–water partition coefficient (Wildman–Crippen LogP) is 1.88. The number of anilines is 1. The van der Waals surface area contributed by atoms with Gasteiger partial charge in [0.15, 0.2) is 12.3 Å². The zero-order valence-electron chi connectivity index (χ0n) is 16.2. The molecule has 1 heterocycles. The van der Waals surface area contributed by atoms with Gasteiger partial charge in [-0.2, -0.15) is 4.31 Å². The van der Waals surface area contributed by atoms with Crippen LogP contribution in [0.4, 0.5) is 5.69 Å². The van der Waals surface area contributed by atoms with Crippen LogP contribution in [0.2, 0.25) is 0 Å². The first-order chi connectivity index (χ1) is 12.8. The van der Waals surface area contributed by atoms with Gasteiger partial charge in [-0.15, -0.1) is 0 Å². The summed E-state index contributed by atoms with van der Waals surface area (Å²) in [6.45, 7) is 8.38. The molecule has 1 aromatic heterocycles. The van der Waals surface area contributed by atoms with Crippen LogP contribution in [-0.4, -0.2) is 38.3 Å². The Kier molecular flexibility index (Phi) is 7.18. The summed E-state index contributed by atoms with van der Waals surface area (Å²) >= 11 is 0. The SMILES string of the molecule is CCN(CC)S(=O)(=O)c1ccc(C)c(NC(=O)C[NH2+][C@@H](C)c2ccco2)c1. The Bertz CT molecular complexity index is 859. The van der Waals surface area contributed by atoms with Gasteiger partial charge in [-0.1, -0.05) is 19.9 Å². The lowest BCUT2D eigenvalue weighted by Crippen LogP contribution is -2.86. The fraction of sp³-hybridized carbons (Fsp3) is 0.421. The van der Waals surface area contributed by atoms with Gasteiger partial charge in [0.1, 0.15) is 6.04 Å². The summed E-state index contributed by atoms with van der Waals surface area (Å²) in [5.74, 6) is 0.597. The van der Waals surface area contributed by atoms with Gasteiger partial charge in [0.2, 0.25) is 10.0 Å². The van der Waals surface area contributed by atoms with Crippen LogP contribution >= 0.6 is 0 Å². The lowest BCUT2D eigenvalue weighted by Gasteiger charge is -2.19. The molecule has 27 heavy (non-hydrogen) atoms. The second-order valence-corrected chi connectivity index (χ2v) is 8.30. The van der Waals surface area contributed by atoms with Crippen molar-refractivity contribution in [1.29, 1.82) is 0 Å². The minimum Gasteiger partial charge on any atom is -0.463 e. The number of furan rings is 1. The zero-order valence-corrected chi connectivity index (χ0v) is 17.0. The first kappa shape index (κ1) is 21.1. The predicted molar refractivity (Wildman–Crippen MR) is 104 cm³/mol. The smallest absolute Gasteiger partial charge is 0.279 e. The first-order valence-electron chi connectivity index (χ1n) is 9.07. The maximum absolute atomic E-state index is 12.7. The third kappa shape index (κ3) is 5.18. The number of carbonyl (C=O) groups excluding carboxylic acids is 1. The summed E-state index contributed by atoms with van der Waals surface area (Å²) in [5, 5.41) is 4.68. The molecular weight excluding hydrogens is 366 g/mol. The highest BCUT2D eigenvalue weighted by molar-refractivity contribution is 7.89. The number of carbonyl (C=O) groups is 1. The van der Waals surface area contributed by atoms with E-state index in [1.807, 2.05) is 31.3 Å². The molecule has 2 aromatic rings. The highest BCUT2D eigenvalue weighted by Crippen LogP contribution is 2.23. The maximum atomic E-state index is 12.7. The summed E-state index contributed by atoms with van der Waals surface area (Å²) in [6, 6.07) is 8.50. The van der Waals surface area contributed by atoms with Crippen LogP contribution < -0.4 is 10.6 Å². The van der Waals surface area contributed by atoms with Gasteiger partial charge in [0, 0.05) is 18.8 Å². The number of sulfonamides is 1. The second-order valence-electron chi connectivity index (χ2n) is 6.36. The van der Waals surface area contributed by atoms with Crippen molar-refractivity contribution in [3.05, 3.63) is 47.9 Å². The molecule has 0 aliphatic carbocycles. The number of nitrogens with zero attached hydrogens (tertiary/aromatic N) is 1. The molecule has 1 amide bonds. The zero-order chi connectivity index (χ0) is 20.0. The quantitative estimate of drug-likeness (QED) is 0.679. The van der Waals surface area contributed by atoms with Crippen LogP contribution in [0.3, 0.4) is 0 Å². The highest BCUT2D eigenvalue weighted by Gasteiger charge is 2.22. The molecule has 0 radical (unpaired) electrons. The Balaban J connectivity index is 2.08. The summed E-state index contributed by atoms with van der Waals surface area (Å²) < 4.78 is 32.1. The van der Waals surface area contributed by atoms with Gasteiger partial charge in [0.25, 0.3) is 5.91 Å². The molecule has 0 fully saturated rings. The van der Waals surface area contributed by atoms with E-state index in [2.05, 4.69) is 5.32 Å². The van der Waals surface area contributed by atoms with Crippen LogP contribution in [0.5, 0.6) is 0 Å². The van der Waals surface area contributed by atoms with Crippen molar-refractivity contribution in [3.63, 3.8) is 0 Å². The van der Waals surface area contributed by atoms with E-state index in [4.69, 9.17) is 4.42 Å². The molecule has 0 spiro atoms. The average molecular weight is 395 g/mol. The monoisotopic (exact) mass is 394 g/mol. The molecule has 1 atom stereocenters. The molecule has 3 N–H and O–H groups in total. The van der Waals surface area contributed by atoms with E-state index in [1.54, 1.807) is 32.2 Å². The van der Waals surface area contributed by atoms with Gasteiger partial charge >= 0.3 is 0 Å². The number of aryl methyl sites for hydroxylation is 1. The van der Waals surface area contributed by atoms with E-state index in [0.29, 0.717) is 18.8 Å². The second kappa shape index (κ2) is 9.16. The third-order valence-electron chi connectivity index (χ3n) is 4.48. The summed E-state index contributed by atoms with van der Waals surface area (Å²) in [5.41, 5.74) is 1.31. The minimum atomic E-state index is -3.57. The maximum Gasteiger partial charge on any atom is 0.279 e. The average Bonchev–Trinajstić information content (AvgIpc) is 3.17. The molecule has 0 aliphatic rings. The number of hydrogen-bond acceptors (Lipinski definition) is 4. The lowest BCUT2D eigenvalue weighted by molar-refractivity contribution is -0.684. The van der Waals surface area contributed by atoms with Gasteiger partial charge in [-0.3, -0.25) is 4.79 Å². The fourth-order valence-corrected chi connectivity index (χ4v) is 4.25. The highest BCUT2D eigenvalue weighted by atomic mass is 32.2. The fourth-order valence-electron chi connectivity index (χ4n) is 2.76. The van der Waals surface area contributed by atoms with E-state index >= 15 is 0 Å². The van der Waals surface area contributed by atoms with Crippen LogP contribution in [0.1, 0.15) is 38.1 Å². The minimum absolute atomic E-state index is 0.0150. The number of benzene rings is 1. The van der Waals surface area contributed by atoms with Gasteiger partial charge in [-0.05, 0) is 43.7 Å². The number of rotatable bonds is 9. The van der Waals surface area contributed by atoms with Crippen molar-refractivity contribution in [3.8, 4) is 0 Å². The Morgan fingerprint density at radius 2 is 1.96 bits per heavy atom. The largest absolute Gasteiger partial charge is 0.463 e. The number of amides is 1. The Labute approximate surface area is 160 Å². The summed E-state index contributed by atoms with van der Waals surface area (Å²) in [7, 11) is -3.57. The first-order valence-corrected chi connectivity index (χ1v) is 10.5. The van der Waals surface area contributed by atoms with Crippen molar-refractivity contribution in [2.45, 2.75) is 38.6 Å². The van der Waals surface area contributed by atoms with Crippen molar-refractivity contribution in [2.24, 2.45) is 0 Å². The molecule has 1 aromatic carbocycles. The van der Waals surface area contributed by atoms with Crippen molar-refractivity contribution >= 4 is 21.6 Å². The molecule has 8 heteroatoms. The molecule has 7 nitrogen and oxygen atoms in total. The normalized spacial score (nSPS) is 12.9. The molecule has 0 aliphatic heterocycles. The van der Waals surface area contributed by atoms with Gasteiger partial charge in [0.05, 0.1) is 11.2 Å². The Morgan fingerprint density at radius 3 is 2.56 bits per heavy atom. The molecule has 148 valence electrons. The molecule has 2 rings (SSSR count). The van der Waals surface area contributed by atoms with Crippen LogP contribution in [0, 0.1) is 6.92 Å². The summed E-state index contributed by atoms with van der Waals surface area (Å²) in [4.78, 5) is 12.5. The van der Waals surface area contributed by atoms with E-state index in [-0.39, 0.29) is 23.4 Å². The molecule has 0 saturated carbocycles. The van der Waals surface area contributed by atoms with E-state index in [9.17, 15) is 13.2 Å². The van der Waals surface area contributed by atoms with Crippen LogP contribution in [-0.2, 0) is 14.8 Å². The van der Waals surface area contributed by atoms with Gasteiger partial charge < -0.3 is 15.1 Å². The van der Waals surface area contributed by atoms with Crippen LogP contribution in [0.15, 0.2) is 45.9 Å². The van der Waals surface area contributed by atoms with Crippen molar-refractivity contribution in [2.75, 3.05) is 25.0 Å². The van der Waals surface area contributed by atoms with Crippen molar-refractivity contribution in [1.82, 2.24) is 4.31 Å². The topological polar surface area (TPSA) is 96.2 Å². The van der Waals surface area contributed by atoms with E-state index in [0.717, 1.165) is 11.3 Å². The van der Waals surface area contributed by atoms with Crippen LogP contribution in [0.25, 0.3) is 0 Å². The number of hydrogen-bond donors (Lipinski definition) is 2. The third-order valence-corrected chi connectivity index (χ3v) is 6.52. The Hall–Kier alpha value is -2.16. The Morgan fingerprint density at radius 1 is 1.26 bits per heavy atom.